The van der Waals surface area contributed by atoms with E-state index in [0.717, 1.165) is 21.4 Å². The van der Waals surface area contributed by atoms with Crippen molar-refractivity contribution in [1.29, 1.82) is 0 Å². The van der Waals surface area contributed by atoms with Gasteiger partial charge in [-0.2, -0.15) is 9.78 Å². The quantitative estimate of drug-likeness (QED) is 0.692. The zero-order valence-electron chi connectivity index (χ0n) is 15.7. The van der Waals surface area contributed by atoms with Gasteiger partial charge in [-0.05, 0) is 55.8 Å². The summed E-state index contributed by atoms with van der Waals surface area (Å²) in [6, 6.07) is 11.4. The lowest BCUT2D eigenvalue weighted by atomic mass is 10.2. The van der Waals surface area contributed by atoms with Crippen molar-refractivity contribution in [1.82, 2.24) is 19.7 Å². The molecule has 3 rings (SSSR count). The SMILES string of the molecule is CC(C)NC(=O)c1nn(-c2ccc(F)cc2)c(=O)n(Cc2cccc(Cl)c2)c1=O. The Balaban J connectivity index is 2.21. The fraction of sp³-hybridized carbons (Fsp3) is 0.200. The van der Waals surface area contributed by atoms with Crippen molar-refractivity contribution in [3.63, 3.8) is 0 Å². The number of carbonyl (C=O) groups excluding carboxylic acids is 1. The fourth-order valence-electron chi connectivity index (χ4n) is 2.70. The average Bonchev–Trinajstić information content (AvgIpc) is 2.65. The average molecular weight is 417 g/mol. The van der Waals surface area contributed by atoms with E-state index in [1.165, 1.54) is 12.1 Å². The molecule has 1 heterocycles. The van der Waals surface area contributed by atoms with Crippen molar-refractivity contribution in [2.45, 2.75) is 26.4 Å². The van der Waals surface area contributed by atoms with Crippen LogP contribution in [0.1, 0.15) is 29.9 Å². The van der Waals surface area contributed by atoms with Crippen molar-refractivity contribution < 1.29 is 9.18 Å². The van der Waals surface area contributed by atoms with Gasteiger partial charge in [0.2, 0.25) is 5.69 Å². The largest absolute Gasteiger partial charge is 0.352 e. The van der Waals surface area contributed by atoms with Crippen LogP contribution >= 0.6 is 11.6 Å². The van der Waals surface area contributed by atoms with Crippen molar-refractivity contribution in [3.8, 4) is 5.69 Å². The molecule has 7 nitrogen and oxygen atoms in total. The number of halogens is 2. The Kier molecular flexibility index (Phi) is 5.93. The van der Waals surface area contributed by atoms with Crippen LogP contribution in [0.25, 0.3) is 5.69 Å². The Bertz CT molecular complexity index is 1170. The smallest absolute Gasteiger partial charge is 0.348 e. The van der Waals surface area contributed by atoms with E-state index >= 15 is 0 Å². The molecule has 0 fully saturated rings. The molecule has 29 heavy (non-hydrogen) atoms. The van der Waals surface area contributed by atoms with Gasteiger partial charge in [-0.1, -0.05) is 23.7 Å². The number of hydrogen-bond donors (Lipinski definition) is 1. The fourth-order valence-corrected chi connectivity index (χ4v) is 2.91. The molecule has 1 N–H and O–H groups in total. The highest BCUT2D eigenvalue weighted by atomic mass is 35.5. The maximum absolute atomic E-state index is 13.3. The number of nitrogens with zero attached hydrogens (tertiary/aromatic N) is 3. The highest BCUT2D eigenvalue weighted by Crippen LogP contribution is 2.11. The second-order valence-electron chi connectivity index (χ2n) is 6.67. The van der Waals surface area contributed by atoms with Crippen LogP contribution in [0, 0.1) is 5.82 Å². The van der Waals surface area contributed by atoms with Gasteiger partial charge < -0.3 is 5.32 Å². The molecule has 150 valence electrons. The van der Waals surface area contributed by atoms with Gasteiger partial charge in [-0.3, -0.25) is 14.2 Å². The first kappa shape index (κ1) is 20.5. The first-order chi connectivity index (χ1) is 13.8. The molecule has 0 aliphatic rings. The summed E-state index contributed by atoms with van der Waals surface area (Å²) in [4.78, 5) is 38.3. The molecule has 0 atom stereocenters. The van der Waals surface area contributed by atoms with Gasteiger partial charge in [0.1, 0.15) is 5.82 Å². The molecule has 0 aliphatic carbocycles. The minimum atomic E-state index is -0.827. The normalized spacial score (nSPS) is 10.9. The number of aromatic nitrogens is 3. The van der Waals surface area contributed by atoms with Crippen LogP contribution in [0.15, 0.2) is 58.1 Å². The summed E-state index contributed by atoms with van der Waals surface area (Å²) in [6.45, 7) is 3.36. The molecule has 0 unspecified atom stereocenters. The van der Waals surface area contributed by atoms with E-state index in [1.54, 1.807) is 38.1 Å². The Morgan fingerprint density at radius 1 is 1.17 bits per heavy atom. The molecule has 0 bridgehead atoms. The van der Waals surface area contributed by atoms with Crippen LogP contribution in [0.2, 0.25) is 5.02 Å². The van der Waals surface area contributed by atoms with Crippen LogP contribution < -0.4 is 16.6 Å². The predicted molar refractivity (Wildman–Crippen MR) is 107 cm³/mol. The molecule has 0 aliphatic heterocycles. The lowest BCUT2D eigenvalue weighted by molar-refractivity contribution is 0.0933. The molecular weight excluding hydrogens is 399 g/mol. The van der Waals surface area contributed by atoms with Crippen LogP contribution in [0.4, 0.5) is 4.39 Å². The molecule has 1 amide bonds. The standard InChI is InChI=1S/C20H18ClFN4O3/c1-12(2)23-18(27)17-19(28)25(11-13-4-3-5-14(21)10-13)20(29)26(24-17)16-8-6-15(22)7-9-16/h3-10,12H,11H2,1-2H3,(H,23,27). The number of benzene rings is 2. The van der Waals surface area contributed by atoms with Gasteiger partial charge in [0.15, 0.2) is 0 Å². The van der Waals surface area contributed by atoms with Crippen LogP contribution in [0.3, 0.4) is 0 Å². The molecule has 0 saturated carbocycles. The van der Waals surface area contributed by atoms with E-state index in [2.05, 4.69) is 10.4 Å². The topological polar surface area (TPSA) is 86.0 Å². The maximum atomic E-state index is 13.3. The van der Waals surface area contributed by atoms with Gasteiger partial charge >= 0.3 is 5.69 Å². The van der Waals surface area contributed by atoms with Crippen LogP contribution in [-0.4, -0.2) is 26.3 Å². The van der Waals surface area contributed by atoms with E-state index in [4.69, 9.17) is 11.6 Å². The zero-order chi connectivity index (χ0) is 21.1. The third-order valence-corrected chi connectivity index (χ3v) is 4.23. The molecule has 3 aromatic rings. The number of nitrogens with one attached hydrogen (secondary N) is 1. The summed E-state index contributed by atoms with van der Waals surface area (Å²) in [6.07, 6.45) is 0. The summed E-state index contributed by atoms with van der Waals surface area (Å²) < 4.78 is 15.1. The third kappa shape index (κ3) is 4.60. The first-order valence-corrected chi connectivity index (χ1v) is 9.19. The number of hydrogen-bond acceptors (Lipinski definition) is 4. The van der Waals surface area contributed by atoms with E-state index in [1.807, 2.05) is 0 Å². The van der Waals surface area contributed by atoms with Gasteiger partial charge in [-0.15, -0.1) is 0 Å². The monoisotopic (exact) mass is 416 g/mol. The molecule has 9 heteroatoms. The van der Waals surface area contributed by atoms with Crippen molar-refractivity contribution in [2.24, 2.45) is 0 Å². The Hall–Kier alpha value is -3.26. The predicted octanol–water partition coefficient (Wildman–Crippen LogP) is 2.37. The first-order valence-electron chi connectivity index (χ1n) is 8.81. The van der Waals surface area contributed by atoms with Gasteiger partial charge in [0, 0.05) is 11.1 Å². The summed E-state index contributed by atoms with van der Waals surface area (Å²) in [5, 5.41) is 7.00. The molecule has 2 aromatic carbocycles. The Morgan fingerprint density at radius 3 is 2.48 bits per heavy atom. The second-order valence-corrected chi connectivity index (χ2v) is 7.11. The minimum Gasteiger partial charge on any atom is -0.348 e. The highest BCUT2D eigenvalue weighted by molar-refractivity contribution is 6.30. The van der Waals surface area contributed by atoms with E-state index in [9.17, 15) is 18.8 Å². The Labute approximate surface area is 170 Å². The molecule has 0 saturated heterocycles. The number of carbonyl (C=O) groups is 1. The molecule has 1 aromatic heterocycles. The summed E-state index contributed by atoms with van der Waals surface area (Å²) in [7, 11) is 0. The third-order valence-electron chi connectivity index (χ3n) is 4.00. The lowest BCUT2D eigenvalue weighted by Gasteiger charge is -2.13. The van der Waals surface area contributed by atoms with E-state index in [-0.39, 0.29) is 18.3 Å². The highest BCUT2D eigenvalue weighted by Gasteiger charge is 2.21. The summed E-state index contributed by atoms with van der Waals surface area (Å²) in [5.41, 5.74) is -1.21. The lowest BCUT2D eigenvalue weighted by Crippen LogP contribution is -2.46. The van der Waals surface area contributed by atoms with E-state index in [0.29, 0.717) is 10.6 Å². The number of amides is 1. The van der Waals surface area contributed by atoms with Crippen LogP contribution in [0.5, 0.6) is 0 Å². The number of rotatable bonds is 5. The van der Waals surface area contributed by atoms with Crippen molar-refractivity contribution >= 4 is 17.5 Å². The van der Waals surface area contributed by atoms with Gasteiger partial charge in [-0.25, -0.2) is 9.18 Å². The van der Waals surface area contributed by atoms with Crippen molar-refractivity contribution in [3.05, 3.63) is 91.5 Å². The molecule has 0 radical (unpaired) electrons. The second kappa shape index (κ2) is 8.40. The van der Waals surface area contributed by atoms with Crippen LogP contribution in [-0.2, 0) is 6.54 Å². The summed E-state index contributed by atoms with van der Waals surface area (Å²) >= 11 is 5.99. The maximum Gasteiger partial charge on any atom is 0.352 e. The minimum absolute atomic E-state index is 0.107. The van der Waals surface area contributed by atoms with Gasteiger partial charge in [0.25, 0.3) is 11.5 Å². The zero-order valence-corrected chi connectivity index (χ0v) is 16.5. The Morgan fingerprint density at radius 2 is 1.86 bits per heavy atom. The molecular formula is C20H18ClFN4O3. The van der Waals surface area contributed by atoms with E-state index < -0.39 is 28.7 Å². The molecule has 0 spiro atoms. The van der Waals surface area contributed by atoms with Crippen molar-refractivity contribution in [2.75, 3.05) is 0 Å². The summed E-state index contributed by atoms with van der Waals surface area (Å²) in [5.74, 6) is -1.20. The van der Waals surface area contributed by atoms with Gasteiger partial charge in [0.05, 0.1) is 12.2 Å².